The Hall–Kier alpha value is -0.370. The maximum absolute atomic E-state index is 14.3. The molecule has 0 saturated carbocycles. The van der Waals surface area contributed by atoms with Gasteiger partial charge in [0, 0.05) is 10.0 Å². The van der Waals surface area contributed by atoms with Gasteiger partial charge in [0.2, 0.25) is 0 Å². The van der Waals surface area contributed by atoms with E-state index in [1.54, 1.807) is 20.8 Å². The molecule has 0 bridgehead atoms. The molecule has 0 spiro atoms. The molecule has 0 aliphatic rings. The van der Waals surface area contributed by atoms with E-state index in [1.807, 2.05) is 0 Å². The second-order valence-corrected chi connectivity index (χ2v) is 8.84. The minimum atomic E-state index is -1.81. The van der Waals surface area contributed by atoms with Gasteiger partial charge in [-0.05, 0) is 45.9 Å². The lowest BCUT2D eigenvalue weighted by Crippen LogP contribution is -2.53. The van der Waals surface area contributed by atoms with Crippen molar-refractivity contribution in [3.8, 4) is 0 Å². The van der Waals surface area contributed by atoms with Crippen LogP contribution in [0.2, 0.25) is 0 Å². The van der Waals surface area contributed by atoms with Gasteiger partial charge in [0.25, 0.3) is 0 Å². The van der Waals surface area contributed by atoms with E-state index in [-0.39, 0.29) is 5.56 Å². The molecule has 1 rings (SSSR count). The molecule has 0 aromatic heterocycles. The number of aliphatic hydroxyl groups is 1. The van der Waals surface area contributed by atoms with Crippen molar-refractivity contribution >= 4 is 26.9 Å². The average Bonchev–Trinajstić information content (AvgIpc) is 2.39. The summed E-state index contributed by atoms with van der Waals surface area (Å²) in [5, 5.41) is 9.16. The third kappa shape index (κ3) is 4.31. The molecule has 2 N–H and O–H groups in total. The van der Waals surface area contributed by atoms with E-state index in [9.17, 15) is 13.0 Å². The highest BCUT2D eigenvalue weighted by molar-refractivity contribution is 9.10. The van der Waals surface area contributed by atoms with Crippen LogP contribution in [-0.2, 0) is 16.5 Å². The smallest absolute Gasteiger partial charge is 0.146 e. The largest absolute Gasteiger partial charge is 0.393 e. The molecule has 0 radical (unpaired) electrons. The third-order valence-corrected chi connectivity index (χ3v) is 5.35. The highest BCUT2D eigenvalue weighted by atomic mass is 79.9. The summed E-state index contributed by atoms with van der Waals surface area (Å²) in [6.45, 7) is 5.75. The Labute approximate surface area is 134 Å². The number of nitrogens with one attached hydrogen (secondary N) is 1. The molecule has 0 amide bonds. The number of rotatable bonds is 5. The summed E-state index contributed by atoms with van der Waals surface area (Å²) >= 11 is 3.21. The first-order valence-electron chi connectivity index (χ1n) is 6.42. The van der Waals surface area contributed by atoms with Crippen molar-refractivity contribution in [3.63, 3.8) is 0 Å². The molecule has 21 heavy (non-hydrogen) atoms. The lowest BCUT2D eigenvalue weighted by atomic mass is 9.88. The van der Waals surface area contributed by atoms with E-state index < -0.39 is 39.9 Å². The van der Waals surface area contributed by atoms with E-state index in [2.05, 4.69) is 20.7 Å². The topological polar surface area (TPSA) is 49.3 Å². The van der Waals surface area contributed by atoms with Crippen molar-refractivity contribution in [2.24, 2.45) is 0 Å². The summed E-state index contributed by atoms with van der Waals surface area (Å²) in [6.07, 6.45) is -1.81. The second kappa shape index (κ2) is 6.81. The lowest BCUT2D eigenvalue weighted by Gasteiger charge is -2.36. The highest BCUT2D eigenvalue weighted by Gasteiger charge is 2.41. The summed E-state index contributed by atoms with van der Waals surface area (Å²) in [6, 6.07) is 4.11. The molecule has 0 unspecified atom stereocenters. The van der Waals surface area contributed by atoms with Crippen LogP contribution in [0.15, 0.2) is 22.7 Å². The van der Waals surface area contributed by atoms with Crippen molar-refractivity contribution in [1.29, 1.82) is 0 Å². The molecule has 1 aromatic rings. The number of benzene rings is 1. The van der Waals surface area contributed by atoms with Gasteiger partial charge < -0.3 is 5.11 Å². The summed E-state index contributed by atoms with van der Waals surface area (Å²) in [4.78, 5) is 0. The summed E-state index contributed by atoms with van der Waals surface area (Å²) < 4.78 is 43.2. The Bertz CT molecular complexity index is 536. The molecule has 0 aliphatic carbocycles. The predicted molar refractivity (Wildman–Crippen MR) is 84.5 cm³/mol. The molecule has 0 saturated heterocycles. The molecular weight excluding hydrogens is 364 g/mol. The fourth-order valence-electron chi connectivity index (χ4n) is 1.71. The summed E-state index contributed by atoms with van der Waals surface area (Å²) in [7, 11) is -1.63. The fraction of sp³-hybridized carbons (Fsp3) is 0.571. The summed E-state index contributed by atoms with van der Waals surface area (Å²) in [5.74, 6) is -0.629. The zero-order valence-corrected chi connectivity index (χ0v) is 14.8. The van der Waals surface area contributed by atoms with E-state index in [0.29, 0.717) is 4.47 Å². The van der Waals surface area contributed by atoms with Crippen molar-refractivity contribution in [2.75, 3.05) is 6.61 Å². The van der Waals surface area contributed by atoms with E-state index in [4.69, 9.17) is 5.11 Å². The monoisotopic (exact) mass is 383 g/mol. The maximum Gasteiger partial charge on any atom is 0.146 e. The fourth-order valence-corrected chi connectivity index (χ4v) is 3.00. The van der Waals surface area contributed by atoms with Crippen molar-refractivity contribution in [1.82, 2.24) is 4.72 Å². The molecule has 120 valence electrons. The standard InChI is InChI=1S/C14H20BrF2NO2S/c1-13(2,3)21(20)18-14(4,12(17)8-19)10-7-9(15)5-6-11(10)16/h5-7,12,18-19H,8H2,1-4H3/t12-,14+,21+/m0/s1. The molecule has 0 heterocycles. The Kier molecular flexibility index (Phi) is 6.06. The van der Waals surface area contributed by atoms with E-state index in [0.717, 1.165) is 0 Å². The first-order chi connectivity index (χ1) is 9.52. The third-order valence-electron chi connectivity index (χ3n) is 3.14. The SMILES string of the molecule is CC(C)(C)[S@@](=O)N[C@](C)(c1cc(Br)ccc1F)[C@@H](F)CO. The molecule has 7 heteroatoms. The second-order valence-electron chi connectivity index (χ2n) is 5.96. The van der Waals surface area contributed by atoms with Gasteiger partial charge in [-0.15, -0.1) is 0 Å². The Morgan fingerprint density at radius 1 is 1.38 bits per heavy atom. The maximum atomic E-state index is 14.3. The Morgan fingerprint density at radius 2 is 1.95 bits per heavy atom. The van der Waals surface area contributed by atoms with Crippen LogP contribution in [0.4, 0.5) is 8.78 Å². The number of hydrogen-bond acceptors (Lipinski definition) is 2. The normalized spacial score (nSPS) is 18.1. The number of alkyl halides is 1. The van der Waals surface area contributed by atoms with Crippen LogP contribution >= 0.6 is 15.9 Å². The Balaban J connectivity index is 3.34. The van der Waals surface area contributed by atoms with E-state index in [1.165, 1.54) is 25.1 Å². The predicted octanol–water partition coefficient (Wildman–Crippen LogP) is 3.19. The minimum Gasteiger partial charge on any atom is -0.393 e. The number of halogens is 3. The lowest BCUT2D eigenvalue weighted by molar-refractivity contribution is 0.102. The molecule has 3 atom stereocenters. The van der Waals surface area contributed by atoms with Crippen LogP contribution in [0.3, 0.4) is 0 Å². The molecule has 3 nitrogen and oxygen atoms in total. The van der Waals surface area contributed by atoms with Crippen LogP contribution in [0.5, 0.6) is 0 Å². The van der Waals surface area contributed by atoms with Gasteiger partial charge in [0.05, 0.1) is 27.9 Å². The van der Waals surface area contributed by atoms with Crippen molar-refractivity contribution < 1.29 is 18.1 Å². The van der Waals surface area contributed by atoms with Gasteiger partial charge in [-0.25, -0.2) is 17.7 Å². The molecular formula is C14H20BrF2NO2S. The quantitative estimate of drug-likeness (QED) is 0.819. The molecule has 0 aliphatic heterocycles. The number of hydrogen-bond donors (Lipinski definition) is 2. The van der Waals surface area contributed by atoms with Crippen molar-refractivity contribution in [2.45, 2.75) is 44.2 Å². The van der Waals surface area contributed by atoms with Crippen LogP contribution in [0, 0.1) is 5.82 Å². The van der Waals surface area contributed by atoms with Gasteiger partial charge in [-0.3, -0.25) is 0 Å². The van der Waals surface area contributed by atoms with Crippen LogP contribution in [-0.4, -0.2) is 26.8 Å². The van der Waals surface area contributed by atoms with Gasteiger partial charge in [0.15, 0.2) is 0 Å². The van der Waals surface area contributed by atoms with Gasteiger partial charge in [-0.2, -0.15) is 0 Å². The average molecular weight is 384 g/mol. The summed E-state index contributed by atoms with van der Waals surface area (Å²) in [5.41, 5.74) is -1.60. The zero-order valence-electron chi connectivity index (χ0n) is 12.4. The van der Waals surface area contributed by atoms with Crippen molar-refractivity contribution in [3.05, 3.63) is 34.1 Å². The highest BCUT2D eigenvalue weighted by Crippen LogP contribution is 2.32. The van der Waals surface area contributed by atoms with Gasteiger partial charge in [0.1, 0.15) is 12.0 Å². The zero-order chi connectivity index (χ0) is 16.4. The van der Waals surface area contributed by atoms with Gasteiger partial charge >= 0.3 is 0 Å². The molecule has 1 aromatic carbocycles. The van der Waals surface area contributed by atoms with Gasteiger partial charge in [-0.1, -0.05) is 15.9 Å². The number of aliphatic hydroxyl groups excluding tert-OH is 1. The van der Waals surface area contributed by atoms with Crippen LogP contribution in [0.1, 0.15) is 33.3 Å². The first-order valence-corrected chi connectivity index (χ1v) is 8.37. The molecule has 0 fully saturated rings. The first kappa shape index (κ1) is 18.7. The van der Waals surface area contributed by atoms with Crippen LogP contribution < -0.4 is 4.72 Å². The Morgan fingerprint density at radius 3 is 2.43 bits per heavy atom. The van der Waals surface area contributed by atoms with E-state index >= 15 is 0 Å². The van der Waals surface area contributed by atoms with Crippen LogP contribution in [0.25, 0.3) is 0 Å². The minimum absolute atomic E-state index is 0.0102.